The second-order valence-electron chi connectivity index (χ2n) is 8.49. The van der Waals surface area contributed by atoms with Crippen LogP contribution in [0.2, 0.25) is 0 Å². The predicted octanol–water partition coefficient (Wildman–Crippen LogP) is 1.72. The molecule has 2 N–H and O–H groups in total. The zero-order valence-electron chi connectivity index (χ0n) is 17.2. The molecule has 4 rings (SSSR count). The first-order valence-corrected chi connectivity index (χ1v) is 10.7. The molecule has 0 aromatic heterocycles. The lowest BCUT2D eigenvalue weighted by atomic mass is 9.97. The third kappa shape index (κ3) is 3.66. The lowest BCUT2D eigenvalue weighted by Crippen LogP contribution is -2.51. The molecule has 8 heteroatoms. The van der Waals surface area contributed by atoms with Gasteiger partial charge in [-0.1, -0.05) is 43.2 Å². The highest BCUT2D eigenvalue weighted by atomic mass is 16.2. The Labute approximate surface area is 176 Å². The van der Waals surface area contributed by atoms with Crippen molar-refractivity contribution in [3.05, 3.63) is 35.9 Å². The van der Waals surface area contributed by atoms with Crippen LogP contribution in [0.15, 0.2) is 30.3 Å². The van der Waals surface area contributed by atoms with Gasteiger partial charge in [-0.15, -0.1) is 0 Å². The highest BCUT2D eigenvalue weighted by Crippen LogP contribution is 2.35. The van der Waals surface area contributed by atoms with Crippen LogP contribution in [0.25, 0.3) is 0 Å². The normalized spacial score (nSPS) is 22.5. The minimum Gasteiger partial charge on any atom is -0.346 e. The molecule has 8 nitrogen and oxygen atoms in total. The smallest absolute Gasteiger partial charge is 0.325 e. The largest absolute Gasteiger partial charge is 0.346 e. The predicted molar refractivity (Wildman–Crippen MR) is 109 cm³/mol. The highest BCUT2D eigenvalue weighted by Gasteiger charge is 2.54. The van der Waals surface area contributed by atoms with E-state index in [2.05, 4.69) is 10.6 Å². The van der Waals surface area contributed by atoms with Crippen molar-refractivity contribution < 1.29 is 19.2 Å². The fraction of sp³-hybridized carbons (Fsp3) is 0.545. The summed E-state index contributed by atoms with van der Waals surface area (Å²) >= 11 is 0. The van der Waals surface area contributed by atoms with Crippen LogP contribution in [0.3, 0.4) is 0 Å². The van der Waals surface area contributed by atoms with Gasteiger partial charge < -0.3 is 15.5 Å². The molecule has 2 unspecified atom stereocenters. The molecule has 3 fully saturated rings. The standard InChI is InChI=1S/C22H28N4O4/c1-15(26-20(29)22(24-21(26)30)11-5-6-12-22)19(28)23-17(16-8-3-2-4-9-16)14-25-13-7-10-18(25)27/h2-4,8-9,15,17H,5-7,10-14H2,1H3,(H,23,28)(H,24,30). The Morgan fingerprint density at radius 2 is 1.83 bits per heavy atom. The van der Waals surface area contributed by atoms with Crippen molar-refractivity contribution in [3.63, 3.8) is 0 Å². The van der Waals surface area contributed by atoms with Gasteiger partial charge in [0.05, 0.1) is 6.04 Å². The van der Waals surface area contributed by atoms with Crippen molar-refractivity contribution in [3.8, 4) is 0 Å². The molecule has 2 aliphatic heterocycles. The zero-order chi connectivity index (χ0) is 21.3. The summed E-state index contributed by atoms with van der Waals surface area (Å²) < 4.78 is 0. The van der Waals surface area contributed by atoms with E-state index in [1.54, 1.807) is 11.8 Å². The molecule has 1 aromatic carbocycles. The summed E-state index contributed by atoms with van der Waals surface area (Å²) in [7, 11) is 0. The fourth-order valence-corrected chi connectivity index (χ4v) is 4.76. The van der Waals surface area contributed by atoms with E-state index >= 15 is 0 Å². The van der Waals surface area contributed by atoms with Gasteiger partial charge in [-0.2, -0.15) is 0 Å². The van der Waals surface area contributed by atoms with Crippen LogP contribution in [0.1, 0.15) is 57.1 Å². The molecule has 30 heavy (non-hydrogen) atoms. The molecule has 2 atom stereocenters. The Morgan fingerprint density at radius 1 is 1.13 bits per heavy atom. The summed E-state index contributed by atoms with van der Waals surface area (Å²) in [6, 6.07) is 7.60. The number of likely N-dealkylation sites (tertiary alicyclic amines) is 1. The summed E-state index contributed by atoms with van der Waals surface area (Å²) in [5.74, 6) is -0.636. The van der Waals surface area contributed by atoms with Gasteiger partial charge >= 0.3 is 6.03 Å². The van der Waals surface area contributed by atoms with Gasteiger partial charge in [0.15, 0.2) is 0 Å². The van der Waals surface area contributed by atoms with Gasteiger partial charge in [-0.05, 0) is 31.7 Å². The third-order valence-corrected chi connectivity index (χ3v) is 6.51. The van der Waals surface area contributed by atoms with E-state index in [4.69, 9.17) is 0 Å². The minimum atomic E-state index is -0.932. The summed E-state index contributed by atoms with van der Waals surface area (Å²) in [5.41, 5.74) is 0.0362. The van der Waals surface area contributed by atoms with Crippen LogP contribution in [-0.4, -0.2) is 58.2 Å². The molecule has 1 saturated carbocycles. The average Bonchev–Trinajstić information content (AvgIpc) is 3.43. The van der Waals surface area contributed by atoms with Gasteiger partial charge in [-0.25, -0.2) is 9.69 Å². The lowest BCUT2D eigenvalue weighted by Gasteiger charge is -2.28. The fourth-order valence-electron chi connectivity index (χ4n) is 4.76. The number of nitrogens with one attached hydrogen (secondary N) is 2. The molecule has 2 heterocycles. The summed E-state index contributed by atoms with van der Waals surface area (Å²) in [5, 5.41) is 5.79. The van der Waals surface area contributed by atoms with Crippen molar-refractivity contribution in [1.82, 2.24) is 20.4 Å². The van der Waals surface area contributed by atoms with Gasteiger partial charge in [0.1, 0.15) is 11.6 Å². The molecule has 5 amide bonds. The van der Waals surface area contributed by atoms with E-state index in [1.165, 1.54) is 0 Å². The van der Waals surface area contributed by atoms with Crippen LogP contribution >= 0.6 is 0 Å². The van der Waals surface area contributed by atoms with Crippen LogP contribution in [-0.2, 0) is 14.4 Å². The van der Waals surface area contributed by atoms with Gasteiger partial charge in [0.2, 0.25) is 11.8 Å². The van der Waals surface area contributed by atoms with Crippen molar-refractivity contribution in [1.29, 1.82) is 0 Å². The maximum atomic E-state index is 13.1. The van der Waals surface area contributed by atoms with Crippen molar-refractivity contribution in [2.24, 2.45) is 0 Å². The van der Waals surface area contributed by atoms with Crippen LogP contribution in [0.5, 0.6) is 0 Å². The van der Waals surface area contributed by atoms with E-state index in [9.17, 15) is 19.2 Å². The maximum absolute atomic E-state index is 13.1. The molecule has 2 saturated heterocycles. The van der Waals surface area contributed by atoms with Crippen LogP contribution < -0.4 is 10.6 Å². The number of amides is 5. The maximum Gasteiger partial charge on any atom is 0.325 e. The number of urea groups is 1. The number of hydrogen-bond acceptors (Lipinski definition) is 4. The highest BCUT2D eigenvalue weighted by molar-refractivity contribution is 6.10. The lowest BCUT2D eigenvalue weighted by molar-refractivity contribution is -0.138. The molecule has 1 spiro atoms. The number of nitrogens with zero attached hydrogens (tertiary/aromatic N) is 2. The van der Waals surface area contributed by atoms with Gasteiger partial charge in [0, 0.05) is 19.5 Å². The van der Waals surface area contributed by atoms with Crippen molar-refractivity contribution >= 4 is 23.8 Å². The molecular formula is C22H28N4O4. The Morgan fingerprint density at radius 3 is 2.47 bits per heavy atom. The second kappa shape index (κ2) is 8.08. The minimum absolute atomic E-state index is 0.0792. The Kier molecular flexibility index (Phi) is 5.49. The summed E-state index contributed by atoms with van der Waals surface area (Å²) in [6.45, 7) is 2.61. The van der Waals surface area contributed by atoms with E-state index in [1.807, 2.05) is 30.3 Å². The molecule has 1 aromatic rings. The summed E-state index contributed by atoms with van der Waals surface area (Å²) in [4.78, 5) is 53.5. The Hall–Kier alpha value is -2.90. The SMILES string of the molecule is CC(C(=O)NC(CN1CCCC1=O)c1ccccc1)N1C(=O)NC2(CCCC2)C1=O. The molecule has 3 aliphatic rings. The average molecular weight is 412 g/mol. The van der Waals surface area contributed by atoms with E-state index < -0.39 is 29.6 Å². The first-order valence-electron chi connectivity index (χ1n) is 10.7. The first kappa shape index (κ1) is 20.4. The number of carbonyl (C=O) groups excluding carboxylic acids is 4. The molecule has 1 aliphatic carbocycles. The van der Waals surface area contributed by atoms with Crippen LogP contribution in [0.4, 0.5) is 4.79 Å². The molecule has 0 radical (unpaired) electrons. The monoisotopic (exact) mass is 412 g/mol. The Balaban J connectivity index is 1.49. The van der Waals surface area contributed by atoms with Gasteiger partial charge in [0.25, 0.3) is 5.91 Å². The number of imide groups is 1. The molecule has 0 bridgehead atoms. The van der Waals surface area contributed by atoms with Crippen molar-refractivity contribution in [2.75, 3.05) is 13.1 Å². The first-order chi connectivity index (χ1) is 14.4. The number of hydrogen-bond donors (Lipinski definition) is 2. The Bertz CT molecular complexity index is 850. The quantitative estimate of drug-likeness (QED) is 0.695. The zero-order valence-corrected chi connectivity index (χ0v) is 17.2. The molecule has 160 valence electrons. The third-order valence-electron chi connectivity index (χ3n) is 6.51. The van der Waals surface area contributed by atoms with Crippen molar-refractivity contribution in [2.45, 2.75) is 63.1 Å². The van der Waals surface area contributed by atoms with E-state index in [-0.39, 0.29) is 11.8 Å². The van der Waals surface area contributed by atoms with Crippen LogP contribution in [0, 0.1) is 0 Å². The molecular weight excluding hydrogens is 384 g/mol. The summed E-state index contributed by atoms with van der Waals surface area (Å²) in [6.07, 6.45) is 4.35. The topological polar surface area (TPSA) is 98.8 Å². The number of rotatable bonds is 6. The number of benzene rings is 1. The number of carbonyl (C=O) groups is 4. The van der Waals surface area contributed by atoms with Gasteiger partial charge in [-0.3, -0.25) is 14.4 Å². The second-order valence-corrected chi connectivity index (χ2v) is 8.49. The van der Waals surface area contributed by atoms with E-state index in [0.29, 0.717) is 32.4 Å². The van der Waals surface area contributed by atoms with E-state index in [0.717, 1.165) is 29.7 Å².